The molecule has 1 heterocycles. The van der Waals surface area contributed by atoms with Crippen molar-refractivity contribution in [3.63, 3.8) is 0 Å². The second kappa shape index (κ2) is 2.04. The van der Waals surface area contributed by atoms with Gasteiger partial charge in [0.2, 0.25) is 0 Å². The molecule has 0 saturated carbocycles. The van der Waals surface area contributed by atoms with Gasteiger partial charge in [0, 0.05) is 0 Å². The SMILES string of the molecule is CC1=C(C(F)(F)F)[N][C]=C1. The van der Waals surface area contributed by atoms with Crippen LogP contribution < -0.4 is 5.32 Å². The van der Waals surface area contributed by atoms with Crippen LogP contribution in [0.1, 0.15) is 6.92 Å². The largest absolute Gasteiger partial charge is 0.433 e. The highest BCUT2D eigenvalue weighted by Gasteiger charge is 2.37. The lowest BCUT2D eigenvalue weighted by atomic mass is 10.2. The average Bonchev–Trinajstić information content (AvgIpc) is 2.11. The summed E-state index contributed by atoms with van der Waals surface area (Å²) in [6.45, 7) is 1.35. The molecular formula is C6H4F3N. The van der Waals surface area contributed by atoms with Gasteiger partial charge in [-0.05, 0) is 18.6 Å². The van der Waals surface area contributed by atoms with Crippen molar-refractivity contribution in [1.82, 2.24) is 5.32 Å². The van der Waals surface area contributed by atoms with E-state index in [9.17, 15) is 13.2 Å². The van der Waals surface area contributed by atoms with E-state index in [2.05, 4.69) is 11.5 Å². The molecule has 54 valence electrons. The van der Waals surface area contributed by atoms with Crippen molar-refractivity contribution in [2.24, 2.45) is 0 Å². The van der Waals surface area contributed by atoms with Gasteiger partial charge in [-0.3, -0.25) is 0 Å². The van der Waals surface area contributed by atoms with Crippen LogP contribution in [0.25, 0.3) is 0 Å². The van der Waals surface area contributed by atoms with Gasteiger partial charge >= 0.3 is 6.18 Å². The number of hydrogen-bond donors (Lipinski definition) is 0. The van der Waals surface area contributed by atoms with Crippen LogP contribution in [0.2, 0.25) is 0 Å². The van der Waals surface area contributed by atoms with Crippen molar-refractivity contribution < 1.29 is 13.2 Å². The zero-order valence-electron chi connectivity index (χ0n) is 5.16. The zero-order chi connectivity index (χ0) is 7.78. The Morgan fingerprint density at radius 3 is 2.30 bits per heavy atom. The highest BCUT2D eigenvalue weighted by molar-refractivity contribution is 5.29. The molecule has 0 fully saturated rings. The molecule has 1 nitrogen and oxygen atoms in total. The Hall–Kier alpha value is -0.930. The number of rotatable bonds is 0. The minimum Gasteiger partial charge on any atom is -0.241 e. The molecule has 0 aliphatic carbocycles. The Morgan fingerprint density at radius 1 is 1.50 bits per heavy atom. The van der Waals surface area contributed by atoms with Gasteiger partial charge in [0.05, 0.1) is 6.20 Å². The third-order valence-corrected chi connectivity index (χ3v) is 1.10. The molecule has 1 rings (SSSR count). The van der Waals surface area contributed by atoms with Gasteiger partial charge in [0.1, 0.15) is 5.70 Å². The van der Waals surface area contributed by atoms with Crippen molar-refractivity contribution in [1.29, 1.82) is 0 Å². The topological polar surface area (TPSA) is 14.1 Å². The Bertz CT molecular complexity index is 200. The Morgan fingerprint density at radius 2 is 2.10 bits per heavy atom. The average molecular weight is 147 g/mol. The second-order valence-corrected chi connectivity index (χ2v) is 1.91. The lowest BCUT2D eigenvalue weighted by Gasteiger charge is -2.06. The number of allylic oxidation sites excluding steroid dienone is 3. The molecule has 1 aliphatic heterocycles. The monoisotopic (exact) mass is 147 g/mol. The highest BCUT2D eigenvalue weighted by Crippen LogP contribution is 2.29. The summed E-state index contributed by atoms with van der Waals surface area (Å²) in [6.07, 6.45) is -0.984. The first-order valence-corrected chi connectivity index (χ1v) is 2.59. The molecule has 10 heavy (non-hydrogen) atoms. The third-order valence-electron chi connectivity index (χ3n) is 1.10. The van der Waals surface area contributed by atoms with E-state index in [-0.39, 0.29) is 5.57 Å². The minimum atomic E-state index is -4.33. The zero-order valence-corrected chi connectivity index (χ0v) is 5.16. The van der Waals surface area contributed by atoms with Crippen molar-refractivity contribution in [2.75, 3.05) is 0 Å². The van der Waals surface area contributed by atoms with Crippen LogP contribution in [-0.4, -0.2) is 6.18 Å². The first-order chi connectivity index (χ1) is 4.52. The molecule has 0 aromatic carbocycles. The summed E-state index contributed by atoms with van der Waals surface area (Å²) in [5.41, 5.74) is -0.722. The summed E-state index contributed by atoms with van der Waals surface area (Å²) in [5, 5.41) is 3.04. The number of alkyl halides is 3. The standard InChI is InChI=1S/C6H4F3N/c1-4-2-3-10-5(4)6(7,8)9/h2H,1H3. The summed E-state index contributed by atoms with van der Waals surface area (Å²) >= 11 is 0. The fourth-order valence-corrected chi connectivity index (χ4v) is 0.637. The summed E-state index contributed by atoms with van der Waals surface area (Å²) in [6, 6.07) is 0. The van der Waals surface area contributed by atoms with E-state index in [0.29, 0.717) is 0 Å². The molecule has 2 radical (unpaired) electrons. The molecule has 0 aromatic rings. The molecule has 0 atom stereocenters. The molecule has 0 spiro atoms. The van der Waals surface area contributed by atoms with E-state index >= 15 is 0 Å². The van der Waals surface area contributed by atoms with Crippen LogP contribution in [0.3, 0.4) is 0 Å². The van der Waals surface area contributed by atoms with E-state index < -0.39 is 11.9 Å². The smallest absolute Gasteiger partial charge is 0.241 e. The van der Waals surface area contributed by atoms with Gasteiger partial charge in [0.15, 0.2) is 0 Å². The predicted molar refractivity (Wildman–Crippen MR) is 28.7 cm³/mol. The maximum absolute atomic E-state index is 11.8. The normalized spacial score (nSPS) is 18.0. The summed E-state index contributed by atoms with van der Waals surface area (Å²) in [5.74, 6) is 0. The van der Waals surface area contributed by atoms with Crippen LogP contribution in [-0.2, 0) is 0 Å². The lowest BCUT2D eigenvalue weighted by molar-refractivity contribution is -0.0961. The maximum atomic E-state index is 11.8. The molecule has 0 amide bonds. The van der Waals surface area contributed by atoms with Gasteiger partial charge in [-0.1, -0.05) is 0 Å². The molecule has 0 saturated heterocycles. The van der Waals surface area contributed by atoms with Crippen LogP contribution >= 0.6 is 0 Å². The Kier molecular flexibility index (Phi) is 1.46. The summed E-state index contributed by atoms with van der Waals surface area (Å²) in [4.78, 5) is 0. The Balaban J connectivity index is 2.86. The van der Waals surface area contributed by atoms with Gasteiger partial charge in [-0.2, -0.15) is 13.2 Å². The van der Waals surface area contributed by atoms with E-state index in [1.54, 1.807) is 0 Å². The quantitative estimate of drug-likeness (QED) is 0.495. The third kappa shape index (κ3) is 1.15. The lowest BCUT2D eigenvalue weighted by Crippen LogP contribution is -2.17. The minimum absolute atomic E-state index is 0.118. The fraction of sp³-hybridized carbons (Fsp3) is 0.333. The van der Waals surface area contributed by atoms with E-state index in [0.717, 1.165) is 0 Å². The molecule has 0 aromatic heterocycles. The van der Waals surface area contributed by atoms with Gasteiger partial charge in [0.25, 0.3) is 0 Å². The fourth-order valence-electron chi connectivity index (χ4n) is 0.637. The molecule has 0 N–H and O–H groups in total. The second-order valence-electron chi connectivity index (χ2n) is 1.91. The van der Waals surface area contributed by atoms with Crippen LogP contribution in [0, 0.1) is 6.20 Å². The van der Waals surface area contributed by atoms with Crippen LogP contribution in [0.4, 0.5) is 13.2 Å². The van der Waals surface area contributed by atoms with Crippen molar-refractivity contribution in [3.8, 4) is 0 Å². The maximum Gasteiger partial charge on any atom is 0.433 e. The Labute approximate surface area is 56.2 Å². The molecule has 0 unspecified atom stereocenters. The summed E-state index contributed by atoms with van der Waals surface area (Å²) in [7, 11) is 0. The van der Waals surface area contributed by atoms with Crippen LogP contribution in [0.15, 0.2) is 17.3 Å². The van der Waals surface area contributed by atoms with Gasteiger partial charge in [-0.15, -0.1) is 0 Å². The van der Waals surface area contributed by atoms with E-state index in [1.165, 1.54) is 13.0 Å². The molecular weight excluding hydrogens is 143 g/mol. The first-order valence-electron chi connectivity index (χ1n) is 2.59. The number of hydrogen-bond acceptors (Lipinski definition) is 0. The van der Waals surface area contributed by atoms with Crippen molar-refractivity contribution in [3.05, 3.63) is 23.5 Å². The number of halogens is 3. The van der Waals surface area contributed by atoms with Gasteiger partial charge in [-0.25, -0.2) is 5.32 Å². The van der Waals surface area contributed by atoms with E-state index in [4.69, 9.17) is 0 Å². The van der Waals surface area contributed by atoms with Gasteiger partial charge < -0.3 is 0 Å². The van der Waals surface area contributed by atoms with Crippen molar-refractivity contribution >= 4 is 0 Å². The first kappa shape index (κ1) is 7.18. The number of nitrogens with zero attached hydrogens (tertiary/aromatic N) is 1. The molecule has 0 bridgehead atoms. The molecule has 4 heteroatoms. The van der Waals surface area contributed by atoms with Crippen LogP contribution in [0.5, 0.6) is 0 Å². The predicted octanol–water partition coefficient (Wildman–Crippen LogP) is 1.76. The molecule has 1 aliphatic rings. The van der Waals surface area contributed by atoms with E-state index in [1.807, 2.05) is 0 Å². The van der Waals surface area contributed by atoms with Crippen molar-refractivity contribution in [2.45, 2.75) is 13.1 Å². The highest BCUT2D eigenvalue weighted by atomic mass is 19.4. The summed E-state index contributed by atoms with van der Waals surface area (Å²) < 4.78 is 35.4.